The zero-order chi connectivity index (χ0) is 14.5. The summed E-state index contributed by atoms with van der Waals surface area (Å²) in [4.78, 5) is 2.08. The van der Waals surface area contributed by atoms with Crippen molar-refractivity contribution in [2.24, 2.45) is 5.73 Å². The molecule has 4 nitrogen and oxygen atoms in total. The third-order valence-corrected chi connectivity index (χ3v) is 3.94. The first-order valence-electron chi connectivity index (χ1n) is 7.13. The van der Waals surface area contributed by atoms with Gasteiger partial charge in [0.1, 0.15) is 5.82 Å². The van der Waals surface area contributed by atoms with Crippen LogP contribution in [0.4, 0.5) is 4.39 Å². The Balaban J connectivity index is 2.34. The molecular formula is C15H23FN2O2. The van der Waals surface area contributed by atoms with E-state index in [-0.39, 0.29) is 30.5 Å². The molecule has 1 aliphatic heterocycles. The molecule has 1 fully saturated rings. The molecule has 0 saturated carbocycles. The largest absolute Gasteiger partial charge is 0.395 e. The standard InChI is InChI=1S/C15H23FN2O2/c1-2-14(17)15(12-5-3-4-6-13(12)16)18-7-8-20-10-11(18)9-19/h3-6,11,14-15,19H,2,7-10,17H2,1H3. The summed E-state index contributed by atoms with van der Waals surface area (Å²) in [6, 6.07) is 6.18. The van der Waals surface area contributed by atoms with E-state index in [0.29, 0.717) is 25.3 Å². The van der Waals surface area contributed by atoms with Crippen molar-refractivity contribution in [2.75, 3.05) is 26.4 Å². The lowest BCUT2D eigenvalue weighted by Crippen LogP contribution is -2.53. The van der Waals surface area contributed by atoms with E-state index in [4.69, 9.17) is 10.5 Å². The smallest absolute Gasteiger partial charge is 0.128 e. The van der Waals surface area contributed by atoms with Gasteiger partial charge in [0, 0.05) is 18.2 Å². The summed E-state index contributed by atoms with van der Waals surface area (Å²) in [6.07, 6.45) is 0.745. The van der Waals surface area contributed by atoms with Gasteiger partial charge in [-0.15, -0.1) is 0 Å². The number of morpholine rings is 1. The zero-order valence-corrected chi connectivity index (χ0v) is 11.8. The number of hydrogen-bond donors (Lipinski definition) is 2. The second-order valence-corrected chi connectivity index (χ2v) is 5.19. The van der Waals surface area contributed by atoms with Gasteiger partial charge in [-0.25, -0.2) is 4.39 Å². The van der Waals surface area contributed by atoms with Crippen LogP contribution < -0.4 is 5.73 Å². The first-order valence-corrected chi connectivity index (χ1v) is 7.13. The molecule has 0 aromatic heterocycles. The molecule has 1 aromatic rings. The van der Waals surface area contributed by atoms with Crippen LogP contribution in [0.5, 0.6) is 0 Å². The lowest BCUT2D eigenvalue weighted by atomic mass is 9.94. The minimum atomic E-state index is -0.246. The van der Waals surface area contributed by atoms with Gasteiger partial charge in [-0.05, 0) is 12.5 Å². The van der Waals surface area contributed by atoms with Gasteiger partial charge < -0.3 is 15.6 Å². The number of ether oxygens (including phenoxy) is 1. The van der Waals surface area contributed by atoms with Gasteiger partial charge in [-0.3, -0.25) is 4.90 Å². The molecule has 3 N–H and O–H groups in total. The van der Waals surface area contributed by atoms with Gasteiger partial charge in [-0.2, -0.15) is 0 Å². The van der Waals surface area contributed by atoms with E-state index in [9.17, 15) is 9.50 Å². The number of halogens is 1. The van der Waals surface area contributed by atoms with Crippen molar-refractivity contribution >= 4 is 0 Å². The summed E-state index contributed by atoms with van der Waals surface area (Å²) in [5, 5.41) is 9.52. The van der Waals surface area contributed by atoms with Crippen LogP contribution in [0.25, 0.3) is 0 Å². The lowest BCUT2D eigenvalue weighted by Gasteiger charge is -2.42. The number of nitrogens with two attached hydrogens (primary N) is 1. The highest BCUT2D eigenvalue weighted by atomic mass is 19.1. The summed E-state index contributed by atoms with van der Waals surface area (Å²) in [7, 11) is 0. The quantitative estimate of drug-likeness (QED) is 0.854. The molecule has 2 rings (SSSR count). The molecule has 3 atom stereocenters. The highest BCUT2D eigenvalue weighted by Crippen LogP contribution is 2.30. The highest BCUT2D eigenvalue weighted by Gasteiger charge is 2.34. The Morgan fingerprint density at radius 1 is 1.50 bits per heavy atom. The third kappa shape index (κ3) is 3.17. The Kier molecular flexibility index (Phi) is 5.48. The van der Waals surface area contributed by atoms with Crippen molar-refractivity contribution < 1.29 is 14.2 Å². The van der Waals surface area contributed by atoms with Crippen molar-refractivity contribution in [2.45, 2.75) is 31.5 Å². The fraction of sp³-hybridized carbons (Fsp3) is 0.600. The normalized spacial score (nSPS) is 23.5. The van der Waals surface area contributed by atoms with Crippen LogP contribution in [0, 0.1) is 5.82 Å². The maximum Gasteiger partial charge on any atom is 0.128 e. The second kappa shape index (κ2) is 7.13. The average molecular weight is 282 g/mol. The number of hydrogen-bond acceptors (Lipinski definition) is 4. The SMILES string of the molecule is CCC(N)C(c1ccccc1F)N1CCOCC1CO. The van der Waals surface area contributed by atoms with E-state index in [1.807, 2.05) is 13.0 Å². The minimum Gasteiger partial charge on any atom is -0.395 e. The molecule has 1 aliphatic rings. The number of nitrogens with zero attached hydrogens (tertiary/aromatic N) is 1. The molecule has 0 radical (unpaired) electrons. The second-order valence-electron chi connectivity index (χ2n) is 5.19. The number of aliphatic hydroxyl groups is 1. The van der Waals surface area contributed by atoms with Crippen LogP contribution in [0.2, 0.25) is 0 Å². The summed E-state index contributed by atoms with van der Waals surface area (Å²) in [5.41, 5.74) is 6.83. The first-order chi connectivity index (χ1) is 9.69. The summed E-state index contributed by atoms with van der Waals surface area (Å²) in [5.74, 6) is -0.246. The third-order valence-electron chi connectivity index (χ3n) is 3.94. The van der Waals surface area contributed by atoms with Crippen molar-refractivity contribution in [1.82, 2.24) is 4.90 Å². The molecule has 0 amide bonds. The van der Waals surface area contributed by atoms with Gasteiger partial charge in [0.25, 0.3) is 0 Å². The summed E-state index contributed by atoms with van der Waals surface area (Å²) < 4.78 is 19.5. The van der Waals surface area contributed by atoms with Gasteiger partial charge in [0.05, 0.1) is 31.9 Å². The molecule has 20 heavy (non-hydrogen) atoms. The van der Waals surface area contributed by atoms with E-state index in [2.05, 4.69) is 4.90 Å². The van der Waals surface area contributed by atoms with Crippen molar-refractivity contribution in [3.63, 3.8) is 0 Å². The van der Waals surface area contributed by atoms with Crippen LogP contribution in [-0.4, -0.2) is 48.5 Å². The Morgan fingerprint density at radius 2 is 2.25 bits per heavy atom. The molecule has 5 heteroatoms. The molecule has 0 aliphatic carbocycles. The Labute approximate surface area is 119 Å². The molecule has 0 spiro atoms. The summed E-state index contributed by atoms with van der Waals surface area (Å²) >= 11 is 0. The fourth-order valence-electron chi connectivity index (χ4n) is 2.78. The van der Waals surface area contributed by atoms with Crippen LogP contribution in [0.15, 0.2) is 24.3 Å². The summed E-state index contributed by atoms with van der Waals surface area (Å²) in [6.45, 7) is 3.67. The maximum absolute atomic E-state index is 14.1. The maximum atomic E-state index is 14.1. The van der Waals surface area contributed by atoms with Crippen LogP contribution in [0.1, 0.15) is 24.9 Å². The molecule has 112 valence electrons. The molecular weight excluding hydrogens is 259 g/mol. The van der Waals surface area contributed by atoms with Crippen LogP contribution >= 0.6 is 0 Å². The highest BCUT2D eigenvalue weighted by molar-refractivity contribution is 5.23. The zero-order valence-electron chi connectivity index (χ0n) is 11.8. The Bertz CT molecular complexity index is 430. The molecule has 3 unspecified atom stereocenters. The van der Waals surface area contributed by atoms with Crippen molar-refractivity contribution in [3.8, 4) is 0 Å². The van der Waals surface area contributed by atoms with E-state index >= 15 is 0 Å². The van der Waals surface area contributed by atoms with Crippen LogP contribution in [0.3, 0.4) is 0 Å². The van der Waals surface area contributed by atoms with Gasteiger partial charge >= 0.3 is 0 Å². The lowest BCUT2D eigenvalue weighted by molar-refractivity contribution is -0.0533. The molecule has 1 saturated heterocycles. The van der Waals surface area contributed by atoms with Gasteiger partial charge in [-0.1, -0.05) is 25.1 Å². The van der Waals surface area contributed by atoms with E-state index < -0.39 is 0 Å². The van der Waals surface area contributed by atoms with Gasteiger partial charge in [0.2, 0.25) is 0 Å². The number of aliphatic hydroxyl groups excluding tert-OH is 1. The number of benzene rings is 1. The van der Waals surface area contributed by atoms with E-state index in [1.165, 1.54) is 6.07 Å². The van der Waals surface area contributed by atoms with Crippen LogP contribution in [-0.2, 0) is 4.74 Å². The molecule has 1 heterocycles. The van der Waals surface area contributed by atoms with Gasteiger partial charge in [0.15, 0.2) is 0 Å². The number of rotatable bonds is 5. The van der Waals surface area contributed by atoms with E-state index in [0.717, 1.165) is 6.42 Å². The molecule has 1 aromatic carbocycles. The van der Waals surface area contributed by atoms with Crippen molar-refractivity contribution in [1.29, 1.82) is 0 Å². The topological polar surface area (TPSA) is 58.7 Å². The monoisotopic (exact) mass is 282 g/mol. The van der Waals surface area contributed by atoms with Crippen molar-refractivity contribution in [3.05, 3.63) is 35.6 Å². The predicted octanol–water partition coefficient (Wildman–Crippen LogP) is 1.30. The Morgan fingerprint density at radius 3 is 2.90 bits per heavy atom. The molecule has 0 bridgehead atoms. The first kappa shape index (κ1) is 15.4. The fourth-order valence-corrected chi connectivity index (χ4v) is 2.78. The Hall–Kier alpha value is -1.01. The van der Waals surface area contributed by atoms with E-state index in [1.54, 1.807) is 12.1 Å². The average Bonchev–Trinajstić information content (AvgIpc) is 2.49. The predicted molar refractivity (Wildman–Crippen MR) is 75.8 cm³/mol. The minimum absolute atomic E-state index is 0.0125.